The van der Waals surface area contributed by atoms with Crippen LogP contribution in [0.1, 0.15) is 69.0 Å². The van der Waals surface area contributed by atoms with Crippen molar-refractivity contribution in [2.75, 3.05) is 7.05 Å². The summed E-state index contributed by atoms with van der Waals surface area (Å²) >= 11 is 1.65. The van der Waals surface area contributed by atoms with E-state index in [0.717, 1.165) is 15.6 Å². The van der Waals surface area contributed by atoms with Gasteiger partial charge < -0.3 is 10.6 Å². The number of nitrogens with zero attached hydrogens (tertiary/aromatic N) is 2. The van der Waals surface area contributed by atoms with Crippen molar-refractivity contribution in [2.24, 2.45) is 5.73 Å². The SMILES string of the molecule is Cc1nc(C(C)C)sc1C(C)N(C)C(=O)c1cccc(C(N)=O)c1. The lowest BCUT2D eigenvalue weighted by molar-refractivity contribution is 0.0744. The Kier molecular flexibility index (Phi) is 5.39. The van der Waals surface area contributed by atoms with Crippen LogP contribution in [0.2, 0.25) is 0 Å². The summed E-state index contributed by atoms with van der Waals surface area (Å²) in [7, 11) is 1.76. The quantitative estimate of drug-likeness (QED) is 0.901. The second-order valence-corrected chi connectivity index (χ2v) is 7.26. The van der Waals surface area contributed by atoms with Crippen molar-refractivity contribution in [2.45, 2.75) is 39.7 Å². The molecule has 2 N–H and O–H groups in total. The summed E-state index contributed by atoms with van der Waals surface area (Å²) in [6.07, 6.45) is 0. The van der Waals surface area contributed by atoms with Crippen LogP contribution in [0, 0.1) is 6.92 Å². The van der Waals surface area contributed by atoms with E-state index in [0.29, 0.717) is 17.0 Å². The molecule has 0 fully saturated rings. The van der Waals surface area contributed by atoms with E-state index in [9.17, 15) is 9.59 Å². The predicted molar refractivity (Wildman–Crippen MR) is 96.4 cm³/mol. The highest BCUT2D eigenvalue weighted by atomic mass is 32.1. The zero-order chi connectivity index (χ0) is 18.0. The minimum Gasteiger partial charge on any atom is -0.366 e. The number of carbonyl (C=O) groups is 2. The number of hydrogen-bond acceptors (Lipinski definition) is 4. The topological polar surface area (TPSA) is 76.3 Å². The van der Waals surface area contributed by atoms with E-state index in [2.05, 4.69) is 18.8 Å². The van der Waals surface area contributed by atoms with Crippen LogP contribution in [0.15, 0.2) is 24.3 Å². The van der Waals surface area contributed by atoms with E-state index in [1.165, 1.54) is 6.07 Å². The van der Waals surface area contributed by atoms with Gasteiger partial charge in [-0.1, -0.05) is 19.9 Å². The summed E-state index contributed by atoms with van der Waals surface area (Å²) in [6, 6.07) is 6.40. The number of thiazole rings is 1. The molecule has 0 bridgehead atoms. The van der Waals surface area contributed by atoms with Crippen LogP contribution in [0.25, 0.3) is 0 Å². The first kappa shape index (κ1) is 18.1. The molecule has 0 saturated heterocycles. The number of carbonyl (C=O) groups excluding carboxylic acids is 2. The molecule has 6 heteroatoms. The highest BCUT2D eigenvalue weighted by molar-refractivity contribution is 7.11. The Morgan fingerprint density at radius 2 is 1.83 bits per heavy atom. The zero-order valence-corrected chi connectivity index (χ0v) is 15.5. The van der Waals surface area contributed by atoms with Crippen LogP contribution in [-0.2, 0) is 0 Å². The molecular formula is C18H23N3O2S. The van der Waals surface area contributed by atoms with Gasteiger partial charge in [-0.15, -0.1) is 11.3 Å². The minimum atomic E-state index is -0.541. The van der Waals surface area contributed by atoms with Crippen molar-refractivity contribution in [3.63, 3.8) is 0 Å². The molecule has 1 heterocycles. The first-order valence-corrected chi connectivity index (χ1v) is 8.68. The van der Waals surface area contributed by atoms with Crippen molar-refractivity contribution in [3.8, 4) is 0 Å². The third-order valence-electron chi connectivity index (χ3n) is 4.02. The van der Waals surface area contributed by atoms with Crippen LogP contribution in [0.3, 0.4) is 0 Å². The molecule has 0 aliphatic rings. The van der Waals surface area contributed by atoms with Gasteiger partial charge in [-0.2, -0.15) is 0 Å². The molecule has 1 aromatic carbocycles. The molecule has 1 unspecified atom stereocenters. The number of aryl methyl sites for hydroxylation is 1. The standard InChI is InChI=1S/C18H23N3O2S/c1-10(2)17-20-11(3)15(24-17)12(4)21(5)18(23)14-8-6-7-13(9-14)16(19)22/h6-10,12H,1-5H3,(H2,19,22). The number of hydrogen-bond donors (Lipinski definition) is 1. The van der Waals surface area contributed by atoms with Gasteiger partial charge in [0, 0.05) is 29.0 Å². The Hall–Kier alpha value is -2.21. The molecule has 24 heavy (non-hydrogen) atoms. The predicted octanol–water partition coefficient (Wildman–Crippen LogP) is 3.51. The fraction of sp³-hybridized carbons (Fsp3) is 0.389. The van der Waals surface area contributed by atoms with Gasteiger partial charge in [0.15, 0.2) is 0 Å². The third-order valence-corrected chi connectivity index (χ3v) is 5.65. The molecule has 2 rings (SSSR count). The monoisotopic (exact) mass is 345 g/mol. The number of primary amides is 1. The van der Waals surface area contributed by atoms with Gasteiger partial charge >= 0.3 is 0 Å². The zero-order valence-electron chi connectivity index (χ0n) is 14.7. The molecule has 1 aromatic heterocycles. The fourth-order valence-electron chi connectivity index (χ4n) is 2.43. The summed E-state index contributed by atoms with van der Waals surface area (Å²) in [6.45, 7) is 8.18. The van der Waals surface area contributed by atoms with Crippen molar-refractivity contribution in [3.05, 3.63) is 51.0 Å². The van der Waals surface area contributed by atoms with E-state index in [-0.39, 0.29) is 11.9 Å². The van der Waals surface area contributed by atoms with Crippen LogP contribution in [0.5, 0.6) is 0 Å². The lowest BCUT2D eigenvalue weighted by atomic mass is 10.1. The van der Waals surface area contributed by atoms with Gasteiger partial charge in [-0.3, -0.25) is 9.59 Å². The molecule has 0 aliphatic heterocycles. The fourth-order valence-corrected chi connectivity index (χ4v) is 3.59. The first-order chi connectivity index (χ1) is 11.2. The maximum Gasteiger partial charge on any atom is 0.254 e. The maximum atomic E-state index is 12.7. The highest BCUT2D eigenvalue weighted by Crippen LogP contribution is 2.32. The Labute approximate surface area is 146 Å². The average molecular weight is 345 g/mol. The second kappa shape index (κ2) is 7.13. The summed E-state index contributed by atoms with van der Waals surface area (Å²) in [5.41, 5.74) is 7.03. The number of rotatable bonds is 5. The van der Waals surface area contributed by atoms with E-state index in [1.807, 2.05) is 13.8 Å². The largest absolute Gasteiger partial charge is 0.366 e. The number of nitrogens with two attached hydrogens (primary N) is 1. The second-order valence-electron chi connectivity index (χ2n) is 6.19. The smallest absolute Gasteiger partial charge is 0.254 e. The Balaban J connectivity index is 2.27. The molecule has 0 saturated carbocycles. The Morgan fingerprint density at radius 3 is 2.38 bits per heavy atom. The molecule has 2 aromatic rings. The van der Waals surface area contributed by atoms with E-state index in [1.54, 1.807) is 41.5 Å². The van der Waals surface area contributed by atoms with Gasteiger partial charge in [0.05, 0.1) is 16.7 Å². The lowest BCUT2D eigenvalue weighted by Gasteiger charge is -2.24. The molecule has 1 atom stereocenters. The Morgan fingerprint density at radius 1 is 1.21 bits per heavy atom. The third kappa shape index (κ3) is 3.64. The van der Waals surface area contributed by atoms with E-state index < -0.39 is 5.91 Å². The van der Waals surface area contributed by atoms with E-state index >= 15 is 0 Å². The molecule has 0 aliphatic carbocycles. The van der Waals surface area contributed by atoms with Crippen molar-refractivity contribution in [1.82, 2.24) is 9.88 Å². The molecule has 0 radical (unpaired) electrons. The van der Waals surface area contributed by atoms with Crippen LogP contribution < -0.4 is 5.73 Å². The first-order valence-electron chi connectivity index (χ1n) is 7.86. The molecule has 2 amide bonds. The van der Waals surface area contributed by atoms with Gasteiger partial charge in [-0.25, -0.2) is 4.98 Å². The number of amides is 2. The number of benzene rings is 1. The van der Waals surface area contributed by atoms with Crippen LogP contribution >= 0.6 is 11.3 Å². The Bertz CT molecular complexity index is 767. The normalized spacial score (nSPS) is 12.2. The van der Waals surface area contributed by atoms with Gasteiger partial charge in [0.2, 0.25) is 5.91 Å². The van der Waals surface area contributed by atoms with Gasteiger partial charge in [0.25, 0.3) is 5.91 Å². The number of aromatic nitrogens is 1. The van der Waals surface area contributed by atoms with Crippen molar-refractivity contribution in [1.29, 1.82) is 0 Å². The van der Waals surface area contributed by atoms with Gasteiger partial charge in [0.1, 0.15) is 0 Å². The van der Waals surface area contributed by atoms with E-state index in [4.69, 9.17) is 5.73 Å². The summed E-state index contributed by atoms with van der Waals surface area (Å²) in [5.74, 6) is -0.326. The van der Waals surface area contributed by atoms with Crippen molar-refractivity contribution >= 4 is 23.2 Å². The van der Waals surface area contributed by atoms with Crippen molar-refractivity contribution < 1.29 is 9.59 Å². The van der Waals surface area contributed by atoms with Crippen LogP contribution in [0.4, 0.5) is 0 Å². The van der Waals surface area contributed by atoms with Gasteiger partial charge in [-0.05, 0) is 32.0 Å². The average Bonchev–Trinajstić information content (AvgIpc) is 2.95. The lowest BCUT2D eigenvalue weighted by Crippen LogP contribution is -2.29. The highest BCUT2D eigenvalue weighted by Gasteiger charge is 2.24. The molecule has 0 spiro atoms. The minimum absolute atomic E-state index is 0.0975. The molecule has 5 nitrogen and oxygen atoms in total. The summed E-state index contributed by atoms with van der Waals surface area (Å²) in [5, 5.41) is 1.07. The molecular weight excluding hydrogens is 322 g/mol. The summed E-state index contributed by atoms with van der Waals surface area (Å²) in [4.78, 5) is 31.4. The summed E-state index contributed by atoms with van der Waals surface area (Å²) < 4.78 is 0. The maximum absolute atomic E-state index is 12.7. The van der Waals surface area contributed by atoms with Crippen LogP contribution in [-0.4, -0.2) is 28.7 Å². The molecule has 128 valence electrons.